The van der Waals surface area contributed by atoms with Gasteiger partial charge in [0.2, 0.25) is 6.79 Å². The SMILES string of the molecule is C1=CC2(CCCCC2)c2cc3c(cc21)OCO3. The zero-order chi connectivity index (χ0) is 11.3. The highest BCUT2D eigenvalue weighted by atomic mass is 16.7. The Hall–Kier alpha value is -1.44. The number of fused-ring (bicyclic) bond motifs is 3. The number of benzene rings is 1. The van der Waals surface area contributed by atoms with Gasteiger partial charge in [-0.05, 0) is 36.1 Å². The van der Waals surface area contributed by atoms with Crippen molar-refractivity contribution in [2.24, 2.45) is 0 Å². The third kappa shape index (κ3) is 1.27. The van der Waals surface area contributed by atoms with E-state index in [1.54, 1.807) is 0 Å². The molecule has 1 fully saturated rings. The van der Waals surface area contributed by atoms with Crippen LogP contribution in [0.15, 0.2) is 18.2 Å². The molecule has 1 aromatic rings. The highest BCUT2D eigenvalue weighted by molar-refractivity contribution is 5.69. The predicted octanol–water partition coefficient (Wildman–Crippen LogP) is 3.64. The Labute approximate surface area is 101 Å². The number of allylic oxidation sites excluding steroid dienone is 1. The van der Waals surface area contributed by atoms with E-state index in [2.05, 4.69) is 24.3 Å². The van der Waals surface area contributed by atoms with Gasteiger partial charge in [-0.1, -0.05) is 31.4 Å². The summed E-state index contributed by atoms with van der Waals surface area (Å²) < 4.78 is 11.0. The van der Waals surface area contributed by atoms with E-state index < -0.39 is 0 Å². The second-order valence-electron chi connectivity index (χ2n) is 5.34. The van der Waals surface area contributed by atoms with Crippen molar-refractivity contribution >= 4 is 6.08 Å². The Kier molecular flexibility index (Phi) is 1.85. The molecule has 3 aliphatic rings. The maximum absolute atomic E-state index is 5.51. The molecule has 0 radical (unpaired) electrons. The van der Waals surface area contributed by atoms with Gasteiger partial charge in [-0.25, -0.2) is 0 Å². The van der Waals surface area contributed by atoms with E-state index in [1.807, 2.05) is 0 Å². The molecule has 1 heterocycles. The second-order valence-corrected chi connectivity index (χ2v) is 5.34. The third-order valence-corrected chi connectivity index (χ3v) is 4.41. The lowest BCUT2D eigenvalue weighted by molar-refractivity contribution is 0.174. The first-order chi connectivity index (χ1) is 8.37. The minimum Gasteiger partial charge on any atom is -0.454 e. The molecule has 0 N–H and O–H groups in total. The minimum atomic E-state index is 0.300. The molecule has 2 aliphatic carbocycles. The first-order valence-corrected chi connectivity index (χ1v) is 6.51. The lowest BCUT2D eigenvalue weighted by atomic mass is 9.71. The van der Waals surface area contributed by atoms with Gasteiger partial charge in [0.15, 0.2) is 11.5 Å². The van der Waals surface area contributed by atoms with E-state index in [0.29, 0.717) is 12.2 Å². The van der Waals surface area contributed by atoms with Crippen LogP contribution in [0, 0.1) is 0 Å². The van der Waals surface area contributed by atoms with E-state index in [-0.39, 0.29) is 0 Å². The van der Waals surface area contributed by atoms with Gasteiger partial charge in [0.1, 0.15) is 0 Å². The summed E-state index contributed by atoms with van der Waals surface area (Å²) in [5.41, 5.74) is 3.09. The van der Waals surface area contributed by atoms with Crippen LogP contribution >= 0.6 is 0 Å². The molecular weight excluding hydrogens is 212 g/mol. The Morgan fingerprint density at radius 2 is 1.71 bits per heavy atom. The van der Waals surface area contributed by atoms with Gasteiger partial charge in [-0.15, -0.1) is 0 Å². The molecule has 2 heteroatoms. The summed E-state index contributed by atoms with van der Waals surface area (Å²) in [5, 5.41) is 0. The van der Waals surface area contributed by atoms with Crippen LogP contribution in [0.2, 0.25) is 0 Å². The van der Waals surface area contributed by atoms with Crippen molar-refractivity contribution in [3.63, 3.8) is 0 Å². The summed E-state index contributed by atoms with van der Waals surface area (Å²) in [7, 11) is 0. The molecule has 1 aliphatic heterocycles. The molecule has 4 rings (SSSR count). The monoisotopic (exact) mass is 228 g/mol. The van der Waals surface area contributed by atoms with Crippen LogP contribution in [0.3, 0.4) is 0 Å². The highest BCUT2D eigenvalue weighted by Gasteiger charge is 2.37. The van der Waals surface area contributed by atoms with E-state index in [4.69, 9.17) is 9.47 Å². The van der Waals surface area contributed by atoms with Crippen molar-refractivity contribution in [3.8, 4) is 11.5 Å². The lowest BCUT2D eigenvalue weighted by Gasteiger charge is -2.33. The number of hydrogen-bond donors (Lipinski definition) is 0. The summed E-state index contributed by atoms with van der Waals surface area (Å²) in [6, 6.07) is 4.35. The molecule has 17 heavy (non-hydrogen) atoms. The van der Waals surface area contributed by atoms with Crippen molar-refractivity contribution in [2.45, 2.75) is 37.5 Å². The van der Waals surface area contributed by atoms with E-state index in [9.17, 15) is 0 Å². The van der Waals surface area contributed by atoms with Crippen LogP contribution in [0.25, 0.3) is 6.08 Å². The largest absolute Gasteiger partial charge is 0.454 e. The van der Waals surface area contributed by atoms with Gasteiger partial charge in [0.05, 0.1) is 0 Å². The van der Waals surface area contributed by atoms with Crippen LogP contribution in [0.5, 0.6) is 11.5 Å². The van der Waals surface area contributed by atoms with Gasteiger partial charge < -0.3 is 9.47 Å². The molecule has 0 aromatic heterocycles. The number of ether oxygens (including phenoxy) is 2. The highest BCUT2D eigenvalue weighted by Crippen LogP contribution is 2.49. The quantitative estimate of drug-likeness (QED) is 0.675. The fourth-order valence-corrected chi connectivity index (χ4v) is 3.48. The maximum atomic E-state index is 5.51. The summed E-state index contributed by atoms with van der Waals surface area (Å²) in [6.07, 6.45) is 11.3. The topological polar surface area (TPSA) is 18.5 Å². The molecule has 0 amide bonds. The van der Waals surface area contributed by atoms with Crippen LogP contribution in [0.4, 0.5) is 0 Å². The molecule has 1 aromatic carbocycles. The van der Waals surface area contributed by atoms with Gasteiger partial charge in [0.25, 0.3) is 0 Å². The average molecular weight is 228 g/mol. The number of hydrogen-bond acceptors (Lipinski definition) is 2. The van der Waals surface area contributed by atoms with Crippen LogP contribution in [0.1, 0.15) is 43.2 Å². The summed E-state index contributed by atoms with van der Waals surface area (Å²) in [5.74, 6) is 1.83. The molecule has 2 nitrogen and oxygen atoms in total. The summed E-state index contributed by atoms with van der Waals surface area (Å²) in [4.78, 5) is 0. The first kappa shape index (κ1) is 9.58. The van der Waals surface area contributed by atoms with Crippen LogP contribution in [-0.4, -0.2) is 6.79 Å². The van der Waals surface area contributed by atoms with Gasteiger partial charge in [-0.2, -0.15) is 0 Å². The van der Waals surface area contributed by atoms with E-state index in [0.717, 1.165) is 11.5 Å². The van der Waals surface area contributed by atoms with E-state index in [1.165, 1.54) is 43.2 Å². The van der Waals surface area contributed by atoms with Crippen molar-refractivity contribution in [1.82, 2.24) is 0 Å². The Morgan fingerprint density at radius 1 is 0.941 bits per heavy atom. The average Bonchev–Trinajstić information content (AvgIpc) is 2.94. The Balaban J connectivity index is 1.84. The molecule has 88 valence electrons. The van der Waals surface area contributed by atoms with Gasteiger partial charge >= 0.3 is 0 Å². The molecular formula is C15H16O2. The van der Waals surface area contributed by atoms with Crippen LogP contribution in [-0.2, 0) is 5.41 Å². The lowest BCUT2D eigenvalue weighted by Crippen LogP contribution is -2.24. The van der Waals surface area contributed by atoms with Crippen molar-refractivity contribution in [1.29, 1.82) is 0 Å². The summed E-state index contributed by atoms with van der Waals surface area (Å²) in [6.45, 7) is 0.370. The fraction of sp³-hybridized carbons (Fsp3) is 0.467. The number of rotatable bonds is 0. The molecule has 1 spiro atoms. The zero-order valence-corrected chi connectivity index (χ0v) is 9.87. The van der Waals surface area contributed by atoms with Crippen molar-refractivity contribution in [3.05, 3.63) is 29.3 Å². The smallest absolute Gasteiger partial charge is 0.231 e. The molecule has 0 bridgehead atoms. The second kappa shape index (κ2) is 3.28. The molecule has 1 saturated carbocycles. The molecule has 0 unspecified atom stereocenters. The minimum absolute atomic E-state index is 0.300. The maximum Gasteiger partial charge on any atom is 0.231 e. The standard InChI is InChI=1S/C15H16O2/c1-2-5-15(6-3-1)7-4-11-8-13-14(9-12(11)15)17-10-16-13/h4,7-9H,1-3,5-6,10H2. The zero-order valence-electron chi connectivity index (χ0n) is 9.87. The van der Waals surface area contributed by atoms with Crippen molar-refractivity contribution in [2.75, 3.05) is 6.79 Å². The first-order valence-electron chi connectivity index (χ1n) is 6.51. The van der Waals surface area contributed by atoms with E-state index >= 15 is 0 Å². The van der Waals surface area contributed by atoms with Crippen molar-refractivity contribution < 1.29 is 9.47 Å². The molecule has 0 saturated heterocycles. The van der Waals surface area contributed by atoms with Crippen LogP contribution < -0.4 is 9.47 Å². The normalized spacial score (nSPS) is 23.1. The Morgan fingerprint density at radius 3 is 2.53 bits per heavy atom. The molecule has 0 atom stereocenters. The fourth-order valence-electron chi connectivity index (χ4n) is 3.48. The van der Waals surface area contributed by atoms with Gasteiger partial charge in [0, 0.05) is 5.41 Å². The van der Waals surface area contributed by atoms with Gasteiger partial charge in [-0.3, -0.25) is 0 Å². The third-order valence-electron chi connectivity index (χ3n) is 4.41. The summed E-state index contributed by atoms with van der Waals surface area (Å²) >= 11 is 0. The predicted molar refractivity (Wildman–Crippen MR) is 66.4 cm³/mol. The Bertz CT molecular complexity index is 496.